The summed E-state index contributed by atoms with van der Waals surface area (Å²) in [4.78, 5) is 16.4. The third-order valence-corrected chi connectivity index (χ3v) is 4.81. The van der Waals surface area contributed by atoms with E-state index in [1.165, 1.54) is 0 Å². The molecule has 2 N–H and O–H groups in total. The Kier molecular flexibility index (Phi) is 6.04. The van der Waals surface area contributed by atoms with Crippen LogP contribution >= 0.6 is 11.8 Å². The molecule has 1 aromatic heterocycles. The fourth-order valence-electron chi connectivity index (χ4n) is 1.92. The molecule has 1 amide bonds. The molecule has 0 fully saturated rings. The summed E-state index contributed by atoms with van der Waals surface area (Å²) in [5, 5.41) is 6.26. The van der Waals surface area contributed by atoms with E-state index in [2.05, 4.69) is 35.7 Å². The van der Waals surface area contributed by atoms with E-state index in [0.29, 0.717) is 12.2 Å². The van der Waals surface area contributed by atoms with Crippen molar-refractivity contribution in [1.29, 1.82) is 0 Å². The molecular formula is C18H23N3OS. The molecule has 1 heterocycles. The largest absolute Gasteiger partial charge is 0.384 e. The quantitative estimate of drug-likeness (QED) is 0.815. The zero-order chi connectivity index (χ0) is 16.7. The lowest BCUT2D eigenvalue weighted by molar-refractivity contribution is 0.0946. The van der Waals surface area contributed by atoms with Crippen LogP contribution in [0.5, 0.6) is 0 Å². The number of amides is 1. The molecule has 0 aliphatic heterocycles. The van der Waals surface area contributed by atoms with E-state index in [9.17, 15) is 4.79 Å². The predicted octanol–water partition coefficient (Wildman–Crippen LogP) is 3.57. The van der Waals surface area contributed by atoms with Gasteiger partial charge in [0.1, 0.15) is 5.69 Å². The molecule has 0 aliphatic carbocycles. The molecular weight excluding hydrogens is 306 g/mol. The molecule has 5 heteroatoms. The number of thioether (sulfide) groups is 1. The van der Waals surface area contributed by atoms with E-state index in [0.717, 1.165) is 17.8 Å². The summed E-state index contributed by atoms with van der Waals surface area (Å²) in [7, 11) is 0. The first-order valence-electron chi connectivity index (χ1n) is 7.57. The van der Waals surface area contributed by atoms with Gasteiger partial charge in [0, 0.05) is 29.7 Å². The molecule has 0 unspecified atom stereocenters. The highest BCUT2D eigenvalue weighted by Crippen LogP contribution is 2.21. The Morgan fingerprint density at radius 3 is 2.65 bits per heavy atom. The summed E-state index contributed by atoms with van der Waals surface area (Å²) in [5.74, 6) is -0.165. The molecule has 0 aliphatic rings. The van der Waals surface area contributed by atoms with Crippen LogP contribution in [0.2, 0.25) is 0 Å². The van der Waals surface area contributed by atoms with E-state index < -0.39 is 0 Å². The van der Waals surface area contributed by atoms with Gasteiger partial charge in [0.05, 0.1) is 0 Å². The number of hydrogen-bond acceptors (Lipinski definition) is 4. The standard InChI is InChI=1S/C18H23N3OS/c1-18(2,23-3)13-21-15-9-10-19-16(11-15)17(22)20-12-14-7-5-4-6-8-14/h4-11H,12-13H2,1-3H3,(H,19,21)(H,20,22). The summed E-state index contributed by atoms with van der Waals surface area (Å²) in [6.45, 7) is 5.68. The lowest BCUT2D eigenvalue weighted by Crippen LogP contribution is -2.26. The number of benzene rings is 1. The molecule has 4 nitrogen and oxygen atoms in total. The number of anilines is 1. The van der Waals surface area contributed by atoms with Crippen LogP contribution in [-0.2, 0) is 6.54 Å². The van der Waals surface area contributed by atoms with Crippen LogP contribution in [0.4, 0.5) is 5.69 Å². The molecule has 0 bridgehead atoms. The maximum Gasteiger partial charge on any atom is 0.270 e. The number of pyridine rings is 1. The van der Waals surface area contributed by atoms with Gasteiger partial charge in [-0.2, -0.15) is 11.8 Å². The Labute approximate surface area is 142 Å². The fourth-order valence-corrected chi connectivity index (χ4v) is 2.14. The smallest absolute Gasteiger partial charge is 0.270 e. The first kappa shape index (κ1) is 17.3. The lowest BCUT2D eigenvalue weighted by Gasteiger charge is -2.23. The first-order valence-corrected chi connectivity index (χ1v) is 8.80. The highest BCUT2D eigenvalue weighted by atomic mass is 32.2. The van der Waals surface area contributed by atoms with E-state index in [-0.39, 0.29) is 10.7 Å². The van der Waals surface area contributed by atoms with Gasteiger partial charge >= 0.3 is 0 Å². The highest BCUT2D eigenvalue weighted by molar-refractivity contribution is 7.99. The summed E-state index contributed by atoms with van der Waals surface area (Å²) in [6, 6.07) is 13.5. The Morgan fingerprint density at radius 1 is 1.22 bits per heavy atom. The second-order valence-electron chi connectivity index (χ2n) is 5.92. The predicted molar refractivity (Wildman–Crippen MR) is 97.9 cm³/mol. The number of nitrogens with one attached hydrogen (secondary N) is 2. The molecule has 0 saturated heterocycles. The third-order valence-electron chi connectivity index (χ3n) is 3.56. The first-order chi connectivity index (χ1) is 11.0. The number of carbonyl (C=O) groups is 1. The van der Waals surface area contributed by atoms with E-state index in [4.69, 9.17) is 0 Å². The number of hydrogen-bond donors (Lipinski definition) is 2. The van der Waals surface area contributed by atoms with Gasteiger partial charge in [0.2, 0.25) is 0 Å². The third kappa shape index (κ3) is 5.60. The van der Waals surface area contributed by atoms with Gasteiger partial charge in [0.15, 0.2) is 0 Å². The maximum atomic E-state index is 12.2. The molecule has 23 heavy (non-hydrogen) atoms. The van der Waals surface area contributed by atoms with E-state index >= 15 is 0 Å². The van der Waals surface area contributed by atoms with Crippen molar-refractivity contribution in [1.82, 2.24) is 10.3 Å². The summed E-state index contributed by atoms with van der Waals surface area (Å²) in [5.41, 5.74) is 2.40. The van der Waals surface area contributed by atoms with Crippen LogP contribution in [0.25, 0.3) is 0 Å². The van der Waals surface area contributed by atoms with Gasteiger partial charge in [-0.3, -0.25) is 9.78 Å². The van der Waals surface area contributed by atoms with Crippen LogP contribution < -0.4 is 10.6 Å². The Hall–Kier alpha value is -2.01. The summed E-state index contributed by atoms with van der Waals surface area (Å²) >= 11 is 1.81. The van der Waals surface area contributed by atoms with E-state index in [1.54, 1.807) is 24.0 Å². The monoisotopic (exact) mass is 329 g/mol. The molecule has 0 saturated carbocycles. The molecule has 122 valence electrons. The Bertz CT molecular complexity index is 644. The molecule has 0 radical (unpaired) electrons. The van der Waals surface area contributed by atoms with Crippen molar-refractivity contribution in [3.8, 4) is 0 Å². The van der Waals surface area contributed by atoms with Gasteiger partial charge < -0.3 is 10.6 Å². The second kappa shape index (κ2) is 8.02. The topological polar surface area (TPSA) is 54.0 Å². The van der Waals surface area contributed by atoms with E-state index in [1.807, 2.05) is 36.4 Å². The van der Waals surface area contributed by atoms with Crippen molar-refractivity contribution in [2.75, 3.05) is 18.1 Å². The molecule has 0 atom stereocenters. The number of nitrogens with zero attached hydrogens (tertiary/aromatic N) is 1. The maximum absolute atomic E-state index is 12.2. The Balaban J connectivity index is 1.94. The normalized spacial score (nSPS) is 11.1. The minimum atomic E-state index is -0.165. The summed E-state index contributed by atoms with van der Waals surface area (Å²) < 4.78 is 0.138. The van der Waals surface area contributed by atoms with Crippen LogP contribution in [-0.4, -0.2) is 28.4 Å². The second-order valence-corrected chi connectivity index (χ2v) is 7.43. The van der Waals surface area contributed by atoms with Gasteiger partial charge in [-0.05, 0) is 37.8 Å². The lowest BCUT2D eigenvalue weighted by atomic mass is 10.2. The highest BCUT2D eigenvalue weighted by Gasteiger charge is 2.15. The average molecular weight is 329 g/mol. The van der Waals surface area contributed by atoms with Crippen molar-refractivity contribution < 1.29 is 4.79 Å². The number of rotatable bonds is 7. The number of carbonyl (C=O) groups excluding carboxylic acids is 1. The van der Waals surface area contributed by atoms with Gasteiger partial charge in [-0.15, -0.1) is 0 Å². The van der Waals surface area contributed by atoms with Gasteiger partial charge in [-0.1, -0.05) is 30.3 Å². The van der Waals surface area contributed by atoms with Crippen LogP contribution in [0, 0.1) is 0 Å². The van der Waals surface area contributed by atoms with Crippen LogP contribution in [0.15, 0.2) is 48.7 Å². The zero-order valence-corrected chi connectivity index (χ0v) is 14.6. The molecule has 1 aromatic carbocycles. The van der Waals surface area contributed by atoms with Crippen molar-refractivity contribution in [3.63, 3.8) is 0 Å². The fraction of sp³-hybridized carbons (Fsp3) is 0.333. The summed E-state index contributed by atoms with van der Waals surface area (Å²) in [6.07, 6.45) is 3.75. The van der Waals surface area contributed by atoms with Crippen LogP contribution in [0.1, 0.15) is 29.9 Å². The van der Waals surface area contributed by atoms with Crippen molar-refractivity contribution in [2.45, 2.75) is 25.1 Å². The molecule has 2 aromatic rings. The molecule has 0 spiro atoms. The van der Waals surface area contributed by atoms with Gasteiger partial charge in [-0.25, -0.2) is 0 Å². The van der Waals surface area contributed by atoms with Crippen molar-refractivity contribution in [3.05, 3.63) is 59.9 Å². The van der Waals surface area contributed by atoms with Crippen LogP contribution in [0.3, 0.4) is 0 Å². The minimum absolute atomic E-state index is 0.138. The van der Waals surface area contributed by atoms with Gasteiger partial charge in [0.25, 0.3) is 5.91 Å². The Morgan fingerprint density at radius 2 is 1.96 bits per heavy atom. The minimum Gasteiger partial charge on any atom is -0.384 e. The average Bonchev–Trinajstić information content (AvgIpc) is 2.59. The zero-order valence-electron chi connectivity index (χ0n) is 13.8. The SMILES string of the molecule is CSC(C)(C)CNc1ccnc(C(=O)NCc2ccccc2)c1. The van der Waals surface area contributed by atoms with Crippen molar-refractivity contribution >= 4 is 23.4 Å². The molecule has 2 rings (SSSR count). The number of aromatic nitrogens is 1. The van der Waals surface area contributed by atoms with Crippen molar-refractivity contribution in [2.24, 2.45) is 0 Å².